The second-order valence-electron chi connectivity index (χ2n) is 5.34. The number of aldehydes is 1. The lowest BCUT2D eigenvalue weighted by Crippen LogP contribution is -2.34. The van der Waals surface area contributed by atoms with Crippen LogP contribution in [-0.4, -0.2) is 10.9 Å². The van der Waals surface area contributed by atoms with Crippen LogP contribution in [0.1, 0.15) is 60.8 Å². The molecule has 0 N–H and O–H groups in total. The summed E-state index contributed by atoms with van der Waals surface area (Å²) in [4.78, 5) is 11.0. The molecule has 16 heavy (non-hydrogen) atoms. The van der Waals surface area contributed by atoms with Crippen LogP contribution in [-0.2, 0) is 5.54 Å². The van der Waals surface area contributed by atoms with Crippen LogP contribution in [0.2, 0.25) is 0 Å². The Morgan fingerprint density at radius 2 is 1.88 bits per heavy atom. The predicted octanol–water partition coefficient (Wildman–Crippen LogP) is 3.60. The maximum absolute atomic E-state index is 11.0. The number of carbonyl (C=O) groups is 1. The van der Waals surface area contributed by atoms with E-state index in [4.69, 9.17) is 0 Å². The van der Waals surface area contributed by atoms with Crippen molar-refractivity contribution in [3.8, 4) is 0 Å². The lowest BCUT2D eigenvalue weighted by molar-refractivity contribution is 0.112. The maximum atomic E-state index is 11.0. The zero-order valence-electron chi connectivity index (χ0n) is 10.5. The van der Waals surface area contributed by atoms with Gasteiger partial charge in [-0.25, -0.2) is 0 Å². The molecule has 1 aromatic heterocycles. The lowest BCUT2D eigenvalue weighted by Gasteiger charge is -2.37. The van der Waals surface area contributed by atoms with Crippen molar-refractivity contribution in [2.24, 2.45) is 0 Å². The molecule has 2 nitrogen and oxygen atoms in total. The number of aromatic nitrogens is 1. The van der Waals surface area contributed by atoms with Crippen LogP contribution >= 0.6 is 0 Å². The van der Waals surface area contributed by atoms with Gasteiger partial charge in [0.25, 0.3) is 0 Å². The van der Waals surface area contributed by atoms with E-state index in [1.165, 1.54) is 37.8 Å². The summed E-state index contributed by atoms with van der Waals surface area (Å²) in [6.45, 7) is 6.51. The molecule has 0 unspecified atom stereocenters. The third-order valence-corrected chi connectivity index (χ3v) is 4.07. The molecule has 0 saturated heterocycles. The highest BCUT2D eigenvalue weighted by molar-refractivity contribution is 5.77. The van der Waals surface area contributed by atoms with Crippen molar-refractivity contribution >= 4 is 6.29 Å². The zero-order valence-corrected chi connectivity index (χ0v) is 10.5. The fraction of sp³-hybridized carbons (Fsp3) is 0.643. The highest BCUT2D eigenvalue weighted by atomic mass is 16.1. The quantitative estimate of drug-likeness (QED) is 0.697. The average molecular weight is 219 g/mol. The van der Waals surface area contributed by atoms with E-state index in [9.17, 15) is 4.79 Å². The Bertz CT molecular complexity index is 397. The van der Waals surface area contributed by atoms with Gasteiger partial charge >= 0.3 is 0 Å². The molecule has 1 aromatic rings. The summed E-state index contributed by atoms with van der Waals surface area (Å²) in [7, 11) is 0. The minimum absolute atomic E-state index is 0.230. The van der Waals surface area contributed by atoms with E-state index in [1.807, 2.05) is 6.07 Å². The highest BCUT2D eigenvalue weighted by Gasteiger charge is 2.31. The number of aryl methyl sites for hydroxylation is 1. The van der Waals surface area contributed by atoms with Gasteiger partial charge in [-0.1, -0.05) is 19.3 Å². The molecule has 0 spiro atoms. The number of rotatable bonds is 2. The third-order valence-electron chi connectivity index (χ3n) is 4.07. The lowest BCUT2D eigenvalue weighted by atomic mass is 9.82. The summed E-state index contributed by atoms with van der Waals surface area (Å²) >= 11 is 0. The molecule has 1 heterocycles. The average Bonchev–Trinajstić information content (AvgIpc) is 2.55. The van der Waals surface area contributed by atoms with E-state index in [0.717, 1.165) is 17.5 Å². The Morgan fingerprint density at radius 1 is 1.25 bits per heavy atom. The largest absolute Gasteiger partial charge is 0.343 e. The van der Waals surface area contributed by atoms with Crippen LogP contribution in [0.5, 0.6) is 0 Å². The first-order chi connectivity index (χ1) is 7.58. The molecule has 0 radical (unpaired) electrons. The number of carbonyl (C=O) groups excluding carboxylic acids is 1. The number of hydrogen-bond donors (Lipinski definition) is 0. The molecule has 2 heteroatoms. The molecular formula is C14H21NO. The zero-order chi connectivity index (χ0) is 11.8. The van der Waals surface area contributed by atoms with Gasteiger partial charge in [-0.15, -0.1) is 0 Å². The summed E-state index contributed by atoms with van der Waals surface area (Å²) in [6.07, 6.45) is 7.43. The second kappa shape index (κ2) is 4.08. The predicted molar refractivity (Wildman–Crippen MR) is 66.0 cm³/mol. The van der Waals surface area contributed by atoms with Crippen molar-refractivity contribution in [3.63, 3.8) is 0 Å². The standard InChI is InChI=1S/C14H21NO/c1-11-9-13(10-16)12(2)15(11)14(3)7-5-4-6-8-14/h9-10H,4-8H2,1-3H3. The van der Waals surface area contributed by atoms with Gasteiger partial charge in [0.15, 0.2) is 6.29 Å². The van der Waals surface area contributed by atoms with Gasteiger partial charge in [0.1, 0.15) is 0 Å². The normalized spacial score (nSPS) is 19.7. The Kier molecular flexibility index (Phi) is 2.92. The summed E-state index contributed by atoms with van der Waals surface area (Å²) < 4.78 is 2.38. The molecular weight excluding hydrogens is 198 g/mol. The minimum Gasteiger partial charge on any atom is -0.343 e. The van der Waals surface area contributed by atoms with Crippen molar-refractivity contribution in [2.75, 3.05) is 0 Å². The van der Waals surface area contributed by atoms with Crippen molar-refractivity contribution < 1.29 is 4.79 Å². The van der Waals surface area contributed by atoms with E-state index in [-0.39, 0.29) is 5.54 Å². The summed E-state index contributed by atoms with van der Waals surface area (Å²) in [6, 6.07) is 2.02. The fourth-order valence-corrected chi connectivity index (χ4v) is 3.27. The molecule has 0 amide bonds. The Balaban J connectivity index is 2.45. The van der Waals surface area contributed by atoms with Crippen molar-refractivity contribution in [2.45, 2.75) is 58.4 Å². The van der Waals surface area contributed by atoms with Crippen LogP contribution in [0, 0.1) is 13.8 Å². The highest BCUT2D eigenvalue weighted by Crippen LogP contribution is 2.37. The number of hydrogen-bond acceptors (Lipinski definition) is 1. The Morgan fingerprint density at radius 3 is 2.38 bits per heavy atom. The van der Waals surface area contributed by atoms with Crippen LogP contribution in [0.4, 0.5) is 0 Å². The third kappa shape index (κ3) is 1.70. The Hall–Kier alpha value is -1.05. The molecule has 0 aliphatic heterocycles. The molecule has 1 aliphatic carbocycles. The summed E-state index contributed by atoms with van der Waals surface area (Å²) in [5.41, 5.74) is 3.44. The van der Waals surface area contributed by atoms with E-state index >= 15 is 0 Å². The van der Waals surface area contributed by atoms with Crippen LogP contribution in [0.25, 0.3) is 0 Å². The second-order valence-corrected chi connectivity index (χ2v) is 5.34. The topological polar surface area (TPSA) is 22.0 Å². The van der Waals surface area contributed by atoms with Crippen LogP contribution in [0.15, 0.2) is 6.07 Å². The minimum atomic E-state index is 0.230. The SMILES string of the molecule is Cc1cc(C=O)c(C)n1C1(C)CCCCC1. The molecule has 1 saturated carbocycles. The first kappa shape index (κ1) is 11.4. The number of nitrogens with zero attached hydrogens (tertiary/aromatic N) is 1. The first-order valence-electron chi connectivity index (χ1n) is 6.23. The van der Waals surface area contributed by atoms with E-state index < -0.39 is 0 Å². The fourth-order valence-electron chi connectivity index (χ4n) is 3.27. The van der Waals surface area contributed by atoms with Crippen molar-refractivity contribution in [1.82, 2.24) is 4.57 Å². The maximum Gasteiger partial charge on any atom is 0.151 e. The molecule has 0 atom stereocenters. The smallest absolute Gasteiger partial charge is 0.151 e. The Labute approximate surface area is 97.7 Å². The first-order valence-corrected chi connectivity index (χ1v) is 6.23. The van der Waals surface area contributed by atoms with E-state index in [0.29, 0.717) is 0 Å². The van der Waals surface area contributed by atoms with Crippen molar-refractivity contribution in [3.05, 3.63) is 23.0 Å². The molecule has 88 valence electrons. The van der Waals surface area contributed by atoms with Gasteiger partial charge in [0, 0.05) is 22.5 Å². The van der Waals surface area contributed by atoms with E-state index in [1.54, 1.807) is 0 Å². The van der Waals surface area contributed by atoms with Gasteiger partial charge in [-0.05, 0) is 39.7 Å². The monoisotopic (exact) mass is 219 g/mol. The summed E-state index contributed by atoms with van der Waals surface area (Å²) in [5.74, 6) is 0. The van der Waals surface area contributed by atoms with Crippen LogP contribution < -0.4 is 0 Å². The van der Waals surface area contributed by atoms with Gasteiger partial charge in [0.05, 0.1) is 0 Å². The summed E-state index contributed by atoms with van der Waals surface area (Å²) in [5, 5.41) is 0. The molecule has 0 bridgehead atoms. The molecule has 1 aliphatic rings. The van der Waals surface area contributed by atoms with Gasteiger partial charge < -0.3 is 4.57 Å². The molecule has 0 aromatic carbocycles. The van der Waals surface area contributed by atoms with Crippen LogP contribution in [0.3, 0.4) is 0 Å². The molecule has 2 rings (SSSR count). The van der Waals surface area contributed by atoms with Gasteiger partial charge in [-0.2, -0.15) is 0 Å². The molecule has 1 fully saturated rings. The van der Waals surface area contributed by atoms with E-state index in [2.05, 4.69) is 25.3 Å². The van der Waals surface area contributed by atoms with Gasteiger partial charge in [0.2, 0.25) is 0 Å². The van der Waals surface area contributed by atoms with Gasteiger partial charge in [-0.3, -0.25) is 4.79 Å². The van der Waals surface area contributed by atoms with Crippen molar-refractivity contribution in [1.29, 1.82) is 0 Å².